The van der Waals surface area contributed by atoms with E-state index in [0.29, 0.717) is 13.1 Å². The van der Waals surface area contributed by atoms with Gasteiger partial charge < -0.3 is 15.1 Å². The lowest BCUT2D eigenvalue weighted by Gasteiger charge is -2.41. The van der Waals surface area contributed by atoms with E-state index in [0.717, 1.165) is 41.8 Å². The summed E-state index contributed by atoms with van der Waals surface area (Å²) in [5, 5.41) is 5.02. The number of halogens is 1. The number of amides is 2. The average molecular weight is 372 g/mol. The molecule has 0 radical (unpaired) electrons. The van der Waals surface area contributed by atoms with Gasteiger partial charge in [-0.05, 0) is 34.8 Å². The molecule has 0 aliphatic carbocycles. The molecule has 3 heterocycles. The summed E-state index contributed by atoms with van der Waals surface area (Å²) in [5.74, 6) is 0.234. The molecule has 21 heavy (non-hydrogen) atoms. The molecule has 5 nitrogen and oxygen atoms in total. The third-order valence-electron chi connectivity index (χ3n) is 4.03. The van der Waals surface area contributed by atoms with Gasteiger partial charge in [-0.15, -0.1) is 11.3 Å². The first kappa shape index (κ1) is 15.0. The second kappa shape index (κ2) is 6.46. The SMILES string of the molecule is O=C(c1cc(Br)cs1)N1CCCC(N2CCNCC2=O)C1. The molecule has 3 rings (SSSR count). The van der Waals surface area contributed by atoms with Gasteiger partial charge in [0.1, 0.15) is 0 Å². The van der Waals surface area contributed by atoms with Crippen LogP contribution in [0.3, 0.4) is 0 Å². The van der Waals surface area contributed by atoms with Crippen LogP contribution in [0.4, 0.5) is 0 Å². The molecule has 2 amide bonds. The van der Waals surface area contributed by atoms with Crippen LogP contribution < -0.4 is 5.32 Å². The highest BCUT2D eigenvalue weighted by atomic mass is 79.9. The average Bonchev–Trinajstić information content (AvgIpc) is 2.94. The largest absolute Gasteiger partial charge is 0.336 e. The van der Waals surface area contributed by atoms with Crippen LogP contribution in [-0.2, 0) is 4.79 Å². The Morgan fingerprint density at radius 1 is 1.43 bits per heavy atom. The summed E-state index contributed by atoms with van der Waals surface area (Å²) in [6.07, 6.45) is 1.95. The van der Waals surface area contributed by atoms with Crippen LogP contribution in [0, 0.1) is 0 Å². The van der Waals surface area contributed by atoms with Crippen LogP contribution >= 0.6 is 27.3 Å². The van der Waals surface area contributed by atoms with Gasteiger partial charge in [-0.1, -0.05) is 0 Å². The van der Waals surface area contributed by atoms with Gasteiger partial charge in [0.25, 0.3) is 5.91 Å². The maximum Gasteiger partial charge on any atom is 0.264 e. The lowest BCUT2D eigenvalue weighted by molar-refractivity contribution is -0.135. The zero-order chi connectivity index (χ0) is 14.8. The van der Waals surface area contributed by atoms with Crippen LogP contribution in [0.25, 0.3) is 0 Å². The molecule has 0 aromatic carbocycles. The summed E-state index contributed by atoms with van der Waals surface area (Å²) in [6.45, 7) is 3.44. The first-order chi connectivity index (χ1) is 10.1. The highest BCUT2D eigenvalue weighted by molar-refractivity contribution is 9.10. The number of carbonyl (C=O) groups is 2. The molecule has 1 atom stereocenters. The number of nitrogens with zero attached hydrogens (tertiary/aromatic N) is 2. The molecule has 7 heteroatoms. The number of carbonyl (C=O) groups excluding carboxylic acids is 2. The third-order valence-corrected chi connectivity index (χ3v) is 5.71. The van der Waals surface area contributed by atoms with Crippen LogP contribution in [0.2, 0.25) is 0 Å². The Labute approximate surface area is 136 Å². The molecular weight excluding hydrogens is 354 g/mol. The zero-order valence-electron chi connectivity index (χ0n) is 11.7. The number of thiophene rings is 1. The van der Waals surface area contributed by atoms with Gasteiger partial charge in [0.05, 0.1) is 11.4 Å². The van der Waals surface area contributed by atoms with E-state index in [1.165, 1.54) is 11.3 Å². The van der Waals surface area contributed by atoms with Crippen molar-refractivity contribution < 1.29 is 9.59 Å². The van der Waals surface area contributed by atoms with Crippen molar-refractivity contribution >= 4 is 39.1 Å². The molecule has 1 N–H and O–H groups in total. The molecule has 2 aliphatic rings. The first-order valence-corrected chi connectivity index (χ1v) is 8.86. The minimum Gasteiger partial charge on any atom is -0.336 e. The van der Waals surface area contributed by atoms with Crippen molar-refractivity contribution in [3.8, 4) is 0 Å². The quantitative estimate of drug-likeness (QED) is 0.857. The number of hydrogen-bond acceptors (Lipinski definition) is 4. The van der Waals surface area contributed by atoms with Gasteiger partial charge >= 0.3 is 0 Å². The molecular formula is C14H18BrN3O2S. The lowest BCUT2D eigenvalue weighted by atomic mass is 10.0. The van der Waals surface area contributed by atoms with Crippen molar-refractivity contribution in [1.29, 1.82) is 0 Å². The summed E-state index contributed by atoms with van der Waals surface area (Å²) in [6, 6.07) is 2.03. The molecule has 114 valence electrons. The minimum atomic E-state index is 0.0815. The van der Waals surface area contributed by atoms with Crippen LogP contribution in [-0.4, -0.2) is 60.4 Å². The molecule has 1 aromatic rings. The van der Waals surface area contributed by atoms with Crippen molar-refractivity contribution in [3.05, 3.63) is 20.8 Å². The number of piperidine rings is 1. The summed E-state index contributed by atoms with van der Waals surface area (Å²) < 4.78 is 0.946. The number of likely N-dealkylation sites (tertiary alicyclic amines) is 1. The van der Waals surface area contributed by atoms with Crippen molar-refractivity contribution in [2.45, 2.75) is 18.9 Å². The number of hydrogen-bond donors (Lipinski definition) is 1. The van der Waals surface area contributed by atoms with E-state index in [-0.39, 0.29) is 17.9 Å². The fraction of sp³-hybridized carbons (Fsp3) is 0.571. The second-order valence-corrected chi connectivity index (χ2v) is 7.27. The molecule has 2 aliphatic heterocycles. The van der Waals surface area contributed by atoms with E-state index < -0.39 is 0 Å². The van der Waals surface area contributed by atoms with E-state index in [4.69, 9.17) is 0 Å². The van der Waals surface area contributed by atoms with E-state index in [1.807, 2.05) is 21.2 Å². The minimum absolute atomic E-state index is 0.0815. The van der Waals surface area contributed by atoms with Crippen LogP contribution in [0.1, 0.15) is 22.5 Å². The van der Waals surface area contributed by atoms with E-state index in [9.17, 15) is 9.59 Å². The van der Waals surface area contributed by atoms with Gasteiger partial charge in [0, 0.05) is 42.1 Å². The summed E-state index contributed by atoms with van der Waals surface area (Å²) in [4.78, 5) is 29.1. The maximum absolute atomic E-state index is 12.5. The predicted octanol–water partition coefficient (Wildman–Crippen LogP) is 1.55. The highest BCUT2D eigenvalue weighted by Crippen LogP contribution is 2.24. The Morgan fingerprint density at radius 2 is 2.29 bits per heavy atom. The standard InChI is InChI=1S/C14H18BrN3O2S/c15-10-6-12(21-9-10)14(20)17-4-1-2-11(8-17)18-5-3-16-7-13(18)19/h6,9,11,16H,1-5,7-8H2. The van der Waals surface area contributed by atoms with Gasteiger partial charge in [-0.2, -0.15) is 0 Å². The second-order valence-electron chi connectivity index (χ2n) is 5.44. The molecule has 0 spiro atoms. The van der Waals surface area contributed by atoms with E-state index >= 15 is 0 Å². The predicted molar refractivity (Wildman–Crippen MR) is 85.5 cm³/mol. The van der Waals surface area contributed by atoms with Gasteiger partial charge in [0.2, 0.25) is 5.91 Å². The third kappa shape index (κ3) is 3.30. The molecule has 0 bridgehead atoms. The van der Waals surface area contributed by atoms with E-state index in [2.05, 4.69) is 21.2 Å². The van der Waals surface area contributed by atoms with Crippen LogP contribution in [0.15, 0.2) is 15.9 Å². The monoisotopic (exact) mass is 371 g/mol. The van der Waals surface area contributed by atoms with Gasteiger partial charge in [-0.3, -0.25) is 9.59 Å². The van der Waals surface area contributed by atoms with Crippen LogP contribution in [0.5, 0.6) is 0 Å². The molecule has 1 unspecified atom stereocenters. The number of rotatable bonds is 2. The Morgan fingerprint density at radius 3 is 3.00 bits per heavy atom. The highest BCUT2D eigenvalue weighted by Gasteiger charge is 2.32. The summed E-state index contributed by atoms with van der Waals surface area (Å²) in [5.41, 5.74) is 0. The molecule has 2 saturated heterocycles. The van der Waals surface area contributed by atoms with E-state index in [1.54, 1.807) is 0 Å². The molecule has 1 aromatic heterocycles. The first-order valence-electron chi connectivity index (χ1n) is 7.18. The van der Waals surface area contributed by atoms with Gasteiger partial charge in [0.15, 0.2) is 0 Å². The Hall–Kier alpha value is -0.920. The summed E-state index contributed by atoms with van der Waals surface area (Å²) in [7, 11) is 0. The smallest absolute Gasteiger partial charge is 0.264 e. The van der Waals surface area contributed by atoms with Gasteiger partial charge in [-0.25, -0.2) is 0 Å². The Balaban J connectivity index is 1.68. The topological polar surface area (TPSA) is 52.7 Å². The normalized spacial score (nSPS) is 23.5. The lowest BCUT2D eigenvalue weighted by Crippen LogP contribution is -2.57. The molecule has 0 saturated carbocycles. The fourth-order valence-corrected chi connectivity index (χ4v) is 4.38. The number of piperazine rings is 1. The van der Waals surface area contributed by atoms with Crippen molar-refractivity contribution in [3.63, 3.8) is 0 Å². The Bertz CT molecular complexity index is 548. The summed E-state index contributed by atoms with van der Waals surface area (Å²) >= 11 is 4.85. The Kier molecular flexibility index (Phi) is 4.61. The zero-order valence-corrected chi connectivity index (χ0v) is 14.1. The maximum atomic E-state index is 12.5. The molecule has 2 fully saturated rings. The fourth-order valence-electron chi connectivity index (χ4n) is 2.98. The van der Waals surface area contributed by atoms with Crippen molar-refractivity contribution in [2.24, 2.45) is 0 Å². The van der Waals surface area contributed by atoms with Crippen molar-refractivity contribution in [1.82, 2.24) is 15.1 Å². The van der Waals surface area contributed by atoms with Crippen molar-refractivity contribution in [2.75, 3.05) is 32.7 Å². The number of nitrogens with one attached hydrogen (secondary N) is 1.